The Kier molecular flexibility index (Phi) is 4.51. The molecule has 1 aromatic rings. The van der Waals surface area contributed by atoms with Crippen LogP contribution in [0.15, 0.2) is 24.3 Å². The average Bonchev–Trinajstić information content (AvgIpc) is 3.03. The molecule has 1 N–H and O–H groups in total. The summed E-state index contributed by atoms with van der Waals surface area (Å²) >= 11 is 0. The molecule has 2 fully saturated rings. The number of benzene rings is 1. The number of hydrogen-bond donors (Lipinski definition) is 1. The number of hydrogen-bond acceptors (Lipinski definition) is 3. The number of nitrogens with one attached hydrogen (secondary N) is 1. The quantitative estimate of drug-likeness (QED) is 0.869. The van der Waals surface area contributed by atoms with Crippen LogP contribution in [-0.2, 0) is 11.3 Å². The van der Waals surface area contributed by atoms with Crippen molar-refractivity contribution in [2.24, 2.45) is 5.41 Å². The highest BCUT2D eigenvalue weighted by Crippen LogP contribution is 2.54. The molecule has 116 valence electrons. The second-order valence-corrected chi connectivity index (χ2v) is 6.40. The molecule has 0 unspecified atom stereocenters. The van der Waals surface area contributed by atoms with E-state index in [4.69, 9.17) is 9.47 Å². The third kappa shape index (κ3) is 2.82. The van der Waals surface area contributed by atoms with E-state index in [-0.39, 0.29) is 0 Å². The molecule has 3 rings (SSSR count). The van der Waals surface area contributed by atoms with Crippen LogP contribution in [0.3, 0.4) is 0 Å². The number of rotatable bonds is 6. The van der Waals surface area contributed by atoms with Gasteiger partial charge in [-0.15, -0.1) is 0 Å². The largest absolute Gasteiger partial charge is 0.497 e. The molecule has 0 aromatic heterocycles. The second-order valence-electron chi connectivity index (χ2n) is 6.40. The molecular weight excluding hydrogens is 262 g/mol. The van der Waals surface area contributed by atoms with Crippen molar-refractivity contribution in [2.45, 2.75) is 57.7 Å². The molecule has 0 saturated heterocycles. The molecule has 0 heterocycles. The van der Waals surface area contributed by atoms with Gasteiger partial charge in [-0.2, -0.15) is 0 Å². The standard InChI is InChI=1S/C18H27NO2/c1-3-21-17-12-16(18(17)9-4-5-10-18)19-13-14-7-6-8-15(11-14)20-2/h6-8,11,16-17,19H,3-5,9-10,12-13H2,1-2H3/t16-,17+/m1/s1. The summed E-state index contributed by atoms with van der Waals surface area (Å²) in [6.07, 6.45) is 7.02. The van der Waals surface area contributed by atoms with E-state index in [1.807, 2.05) is 6.07 Å². The summed E-state index contributed by atoms with van der Waals surface area (Å²) in [5, 5.41) is 3.77. The van der Waals surface area contributed by atoms with Crippen LogP contribution in [0.25, 0.3) is 0 Å². The Morgan fingerprint density at radius 3 is 2.81 bits per heavy atom. The van der Waals surface area contributed by atoms with Gasteiger partial charge in [-0.1, -0.05) is 25.0 Å². The Labute approximate surface area is 128 Å². The lowest BCUT2D eigenvalue weighted by atomic mass is 9.60. The van der Waals surface area contributed by atoms with Gasteiger partial charge >= 0.3 is 0 Å². The molecule has 3 heteroatoms. The second kappa shape index (κ2) is 6.37. The van der Waals surface area contributed by atoms with Crippen molar-refractivity contribution in [3.63, 3.8) is 0 Å². The Morgan fingerprint density at radius 2 is 2.10 bits per heavy atom. The molecule has 0 radical (unpaired) electrons. The summed E-state index contributed by atoms with van der Waals surface area (Å²) in [7, 11) is 1.72. The normalized spacial score (nSPS) is 26.8. The van der Waals surface area contributed by atoms with Gasteiger partial charge in [0.15, 0.2) is 0 Å². The summed E-state index contributed by atoms with van der Waals surface area (Å²) in [5.41, 5.74) is 1.71. The molecule has 21 heavy (non-hydrogen) atoms. The average molecular weight is 289 g/mol. The third-order valence-corrected chi connectivity index (χ3v) is 5.37. The lowest BCUT2D eigenvalue weighted by molar-refractivity contribution is -0.130. The van der Waals surface area contributed by atoms with Crippen LogP contribution in [0, 0.1) is 5.41 Å². The molecule has 0 aliphatic heterocycles. The van der Waals surface area contributed by atoms with E-state index in [2.05, 4.69) is 30.4 Å². The molecule has 2 atom stereocenters. The van der Waals surface area contributed by atoms with Gasteiger partial charge in [-0.3, -0.25) is 0 Å². The van der Waals surface area contributed by atoms with E-state index in [9.17, 15) is 0 Å². The summed E-state index contributed by atoms with van der Waals surface area (Å²) < 4.78 is 11.3. The first-order valence-electron chi connectivity index (χ1n) is 8.26. The van der Waals surface area contributed by atoms with Gasteiger partial charge in [0.05, 0.1) is 13.2 Å². The van der Waals surface area contributed by atoms with E-state index >= 15 is 0 Å². The monoisotopic (exact) mass is 289 g/mol. The molecule has 2 aliphatic carbocycles. The fraction of sp³-hybridized carbons (Fsp3) is 0.667. The highest BCUT2D eigenvalue weighted by atomic mass is 16.5. The fourth-order valence-electron chi connectivity index (χ4n) is 4.20. The molecule has 2 saturated carbocycles. The van der Waals surface area contributed by atoms with Gasteiger partial charge < -0.3 is 14.8 Å². The molecule has 2 aliphatic rings. The number of methoxy groups -OCH3 is 1. The van der Waals surface area contributed by atoms with E-state index < -0.39 is 0 Å². The Bertz CT molecular complexity index is 468. The van der Waals surface area contributed by atoms with E-state index in [0.717, 1.165) is 25.3 Å². The minimum Gasteiger partial charge on any atom is -0.497 e. The predicted octanol–water partition coefficient (Wildman–Crippen LogP) is 3.52. The van der Waals surface area contributed by atoms with Crippen LogP contribution < -0.4 is 10.1 Å². The van der Waals surface area contributed by atoms with Crippen molar-refractivity contribution in [2.75, 3.05) is 13.7 Å². The summed E-state index contributed by atoms with van der Waals surface area (Å²) in [6.45, 7) is 3.87. The highest BCUT2D eigenvalue weighted by Gasteiger charge is 2.56. The van der Waals surface area contributed by atoms with Crippen LogP contribution in [-0.4, -0.2) is 25.9 Å². The van der Waals surface area contributed by atoms with Crippen molar-refractivity contribution < 1.29 is 9.47 Å². The first-order chi connectivity index (χ1) is 10.3. The Balaban J connectivity index is 1.60. The summed E-state index contributed by atoms with van der Waals surface area (Å²) in [5.74, 6) is 0.936. The smallest absolute Gasteiger partial charge is 0.119 e. The maximum Gasteiger partial charge on any atom is 0.119 e. The van der Waals surface area contributed by atoms with Crippen LogP contribution in [0.5, 0.6) is 5.75 Å². The SMILES string of the molecule is CCO[C@H]1C[C@@H](NCc2cccc(OC)c2)C12CCCC2. The van der Waals surface area contributed by atoms with E-state index in [0.29, 0.717) is 17.6 Å². The van der Waals surface area contributed by atoms with Crippen LogP contribution in [0.1, 0.15) is 44.6 Å². The van der Waals surface area contributed by atoms with Crippen molar-refractivity contribution in [3.8, 4) is 5.75 Å². The van der Waals surface area contributed by atoms with Crippen LogP contribution in [0.4, 0.5) is 0 Å². The first kappa shape index (κ1) is 14.9. The van der Waals surface area contributed by atoms with Crippen LogP contribution >= 0.6 is 0 Å². The maximum atomic E-state index is 5.97. The Hall–Kier alpha value is -1.06. The van der Waals surface area contributed by atoms with Gasteiger partial charge in [0.1, 0.15) is 5.75 Å². The van der Waals surface area contributed by atoms with Gasteiger partial charge in [-0.05, 0) is 43.9 Å². The molecule has 0 amide bonds. The Morgan fingerprint density at radius 1 is 1.29 bits per heavy atom. The first-order valence-corrected chi connectivity index (χ1v) is 8.26. The zero-order valence-electron chi connectivity index (χ0n) is 13.2. The summed E-state index contributed by atoms with van der Waals surface area (Å²) in [6, 6.07) is 8.95. The minimum atomic E-state index is 0.412. The molecule has 0 bridgehead atoms. The lowest BCUT2D eigenvalue weighted by Gasteiger charge is -2.54. The minimum absolute atomic E-state index is 0.412. The van der Waals surface area contributed by atoms with Crippen molar-refractivity contribution in [3.05, 3.63) is 29.8 Å². The molecule has 1 aromatic carbocycles. The highest BCUT2D eigenvalue weighted by molar-refractivity contribution is 5.28. The summed E-state index contributed by atoms with van der Waals surface area (Å²) in [4.78, 5) is 0. The number of ether oxygens (including phenoxy) is 2. The van der Waals surface area contributed by atoms with Gasteiger partial charge in [0, 0.05) is 24.6 Å². The van der Waals surface area contributed by atoms with Crippen molar-refractivity contribution in [1.82, 2.24) is 5.32 Å². The zero-order chi connectivity index (χ0) is 14.7. The molecular formula is C18H27NO2. The van der Waals surface area contributed by atoms with Gasteiger partial charge in [0.25, 0.3) is 0 Å². The van der Waals surface area contributed by atoms with E-state index in [1.165, 1.54) is 31.2 Å². The third-order valence-electron chi connectivity index (χ3n) is 5.37. The van der Waals surface area contributed by atoms with E-state index in [1.54, 1.807) is 7.11 Å². The van der Waals surface area contributed by atoms with Gasteiger partial charge in [-0.25, -0.2) is 0 Å². The van der Waals surface area contributed by atoms with Crippen LogP contribution in [0.2, 0.25) is 0 Å². The zero-order valence-corrected chi connectivity index (χ0v) is 13.2. The fourth-order valence-corrected chi connectivity index (χ4v) is 4.20. The van der Waals surface area contributed by atoms with Crippen molar-refractivity contribution in [1.29, 1.82) is 0 Å². The lowest BCUT2D eigenvalue weighted by Crippen LogP contribution is -2.62. The maximum absolute atomic E-state index is 5.97. The topological polar surface area (TPSA) is 30.5 Å². The van der Waals surface area contributed by atoms with Crippen molar-refractivity contribution >= 4 is 0 Å². The van der Waals surface area contributed by atoms with Gasteiger partial charge in [0.2, 0.25) is 0 Å². The molecule has 3 nitrogen and oxygen atoms in total. The molecule has 1 spiro atoms. The predicted molar refractivity (Wildman–Crippen MR) is 84.6 cm³/mol.